The van der Waals surface area contributed by atoms with Crippen LogP contribution < -0.4 is 5.32 Å². The molecule has 0 fully saturated rings. The van der Waals surface area contributed by atoms with Crippen molar-refractivity contribution in [2.45, 2.75) is 32.2 Å². The van der Waals surface area contributed by atoms with E-state index in [0.717, 1.165) is 6.42 Å². The predicted octanol–water partition coefficient (Wildman–Crippen LogP) is 1.42. The van der Waals surface area contributed by atoms with E-state index in [1.165, 1.54) is 11.3 Å². The van der Waals surface area contributed by atoms with Gasteiger partial charge in [0.15, 0.2) is 0 Å². The summed E-state index contributed by atoms with van der Waals surface area (Å²) in [6.07, 6.45) is 1.34. The molecular weight excluding hydrogens is 212 g/mol. The van der Waals surface area contributed by atoms with E-state index in [1.54, 1.807) is 10.9 Å². The van der Waals surface area contributed by atoms with Crippen molar-refractivity contribution in [2.75, 3.05) is 6.61 Å². The zero-order chi connectivity index (χ0) is 11.3. The molecular formula is C10H16N2O2S. The summed E-state index contributed by atoms with van der Waals surface area (Å²) >= 11 is 1.39. The molecule has 0 radical (unpaired) electrons. The number of thiazole rings is 1. The van der Waals surface area contributed by atoms with E-state index in [4.69, 9.17) is 5.11 Å². The number of amides is 1. The Bertz CT molecular complexity index is 313. The lowest BCUT2D eigenvalue weighted by atomic mass is 9.95. The molecule has 0 unspecified atom stereocenters. The summed E-state index contributed by atoms with van der Waals surface area (Å²) in [4.78, 5) is 15.6. The topological polar surface area (TPSA) is 62.2 Å². The normalized spacial score (nSPS) is 14.6. The lowest BCUT2D eigenvalue weighted by Crippen LogP contribution is -2.46. The number of carbonyl (C=O) groups excluding carboxylic acids is 1. The molecule has 4 nitrogen and oxygen atoms in total. The molecule has 0 aromatic carbocycles. The summed E-state index contributed by atoms with van der Waals surface area (Å²) in [5.41, 5.74) is 1.72. The first-order chi connectivity index (χ1) is 7.11. The van der Waals surface area contributed by atoms with Gasteiger partial charge in [-0.2, -0.15) is 0 Å². The molecule has 1 atom stereocenters. The van der Waals surface area contributed by atoms with Crippen LogP contribution in [0.3, 0.4) is 0 Å². The molecule has 0 aliphatic rings. The van der Waals surface area contributed by atoms with Crippen LogP contribution in [0, 0.1) is 0 Å². The van der Waals surface area contributed by atoms with Crippen molar-refractivity contribution in [3.05, 3.63) is 16.6 Å². The van der Waals surface area contributed by atoms with Crippen molar-refractivity contribution >= 4 is 17.2 Å². The van der Waals surface area contributed by atoms with Crippen molar-refractivity contribution in [3.8, 4) is 0 Å². The van der Waals surface area contributed by atoms with Crippen molar-refractivity contribution in [1.29, 1.82) is 0 Å². The molecule has 5 heteroatoms. The standard InChI is InChI=1S/C10H16N2O2S/c1-3-10(2,4-5-13)12-9(14)8-6-15-7-11-8/h6-7,13H,3-5H2,1-2H3,(H,12,14)/t10-/m1/s1. The van der Waals surface area contributed by atoms with Crippen LogP contribution in [0.2, 0.25) is 0 Å². The Hall–Kier alpha value is -0.940. The minimum Gasteiger partial charge on any atom is -0.396 e. The van der Waals surface area contributed by atoms with Gasteiger partial charge < -0.3 is 10.4 Å². The van der Waals surface area contributed by atoms with Crippen LogP contribution in [0.15, 0.2) is 10.9 Å². The first kappa shape index (κ1) is 12.1. The Labute approximate surface area is 93.4 Å². The zero-order valence-electron chi connectivity index (χ0n) is 8.99. The number of aliphatic hydroxyl groups is 1. The average molecular weight is 228 g/mol. The molecule has 15 heavy (non-hydrogen) atoms. The second kappa shape index (κ2) is 5.23. The number of rotatable bonds is 5. The number of carbonyl (C=O) groups is 1. The van der Waals surface area contributed by atoms with Crippen LogP contribution in [0.4, 0.5) is 0 Å². The predicted molar refractivity (Wildman–Crippen MR) is 60.0 cm³/mol. The van der Waals surface area contributed by atoms with E-state index in [1.807, 2.05) is 13.8 Å². The number of nitrogens with zero attached hydrogens (tertiary/aromatic N) is 1. The second-order valence-corrected chi connectivity index (χ2v) is 4.43. The first-order valence-electron chi connectivity index (χ1n) is 4.93. The monoisotopic (exact) mass is 228 g/mol. The van der Waals surface area contributed by atoms with Gasteiger partial charge in [-0.1, -0.05) is 6.92 Å². The lowest BCUT2D eigenvalue weighted by molar-refractivity contribution is 0.0881. The van der Waals surface area contributed by atoms with E-state index < -0.39 is 0 Å². The average Bonchev–Trinajstić information content (AvgIpc) is 2.71. The van der Waals surface area contributed by atoms with Gasteiger partial charge in [-0.3, -0.25) is 4.79 Å². The molecule has 0 saturated heterocycles. The summed E-state index contributed by atoms with van der Waals surface area (Å²) in [5.74, 6) is -0.172. The number of nitrogens with one attached hydrogen (secondary N) is 1. The lowest BCUT2D eigenvalue weighted by Gasteiger charge is -2.28. The molecule has 1 aromatic heterocycles. The molecule has 1 rings (SSSR count). The summed E-state index contributed by atoms with van der Waals surface area (Å²) in [6.45, 7) is 3.98. The van der Waals surface area contributed by atoms with Gasteiger partial charge in [-0.15, -0.1) is 11.3 Å². The molecule has 2 N–H and O–H groups in total. The molecule has 0 bridgehead atoms. The minimum atomic E-state index is -0.352. The Morgan fingerprint density at radius 2 is 2.47 bits per heavy atom. The maximum atomic E-state index is 11.7. The van der Waals surface area contributed by atoms with Crippen LogP contribution in [0.25, 0.3) is 0 Å². The van der Waals surface area contributed by atoms with Crippen LogP contribution in [0.5, 0.6) is 0 Å². The third-order valence-corrected chi connectivity index (χ3v) is 3.11. The Morgan fingerprint density at radius 1 is 1.73 bits per heavy atom. The summed E-state index contributed by atoms with van der Waals surface area (Å²) in [5, 5.41) is 13.5. The van der Waals surface area contributed by atoms with E-state index in [0.29, 0.717) is 12.1 Å². The molecule has 0 spiro atoms. The van der Waals surface area contributed by atoms with Gasteiger partial charge in [0.25, 0.3) is 5.91 Å². The summed E-state index contributed by atoms with van der Waals surface area (Å²) < 4.78 is 0. The van der Waals surface area contributed by atoms with E-state index in [2.05, 4.69) is 10.3 Å². The minimum absolute atomic E-state index is 0.0711. The molecule has 1 amide bonds. The van der Waals surface area contributed by atoms with Crippen LogP contribution in [-0.4, -0.2) is 28.1 Å². The molecule has 0 aliphatic heterocycles. The molecule has 84 valence electrons. The smallest absolute Gasteiger partial charge is 0.271 e. The maximum Gasteiger partial charge on any atom is 0.271 e. The number of hydrogen-bond acceptors (Lipinski definition) is 4. The van der Waals surface area contributed by atoms with Gasteiger partial charge in [-0.05, 0) is 19.8 Å². The highest BCUT2D eigenvalue weighted by molar-refractivity contribution is 7.07. The highest BCUT2D eigenvalue weighted by Gasteiger charge is 2.24. The number of aliphatic hydroxyl groups excluding tert-OH is 1. The molecule has 1 heterocycles. The van der Waals surface area contributed by atoms with Gasteiger partial charge >= 0.3 is 0 Å². The summed E-state index contributed by atoms with van der Waals surface area (Å²) in [7, 11) is 0. The zero-order valence-corrected chi connectivity index (χ0v) is 9.80. The molecule has 1 aromatic rings. The van der Waals surface area contributed by atoms with Crippen molar-refractivity contribution in [3.63, 3.8) is 0 Å². The van der Waals surface area contributed by atoms with Gasteiger partial charge in [0.1, 0.15) is 5.69 Å². The fraction of sp³-hybridized carbons (Fsp3) is 0.600. The van der Waals surface area contributed by atoms with Gasteiger partial charge in [0.05, 0.1) is 5.51 Å². The second-order valence-electron chi connectivity index (χ2n) is 3.72. The maximum absolute atomic E-state index is 11.7. The fourth-order valence-electron chi connectivity index (χ4n) is 1.24. The van der Waals surface area contributed by atoms with Crippen LogP contribution in [-0.2, 0) is 0 Å². The highest BCUT2D eigenvalue weighted by atomic mass is 32.1. The molecule has 0 aliphatic carbocycles. The summed E-state index contributed by atoms with van der Waals surface area (Å²) in [6, 6.07) is 0. The SMILES string of the molecule is CC[C@](C)(CCO)NC(=O)c1cscn1. The third kappa shape index (κ3) is 3.28. The van der Waals surface area contributed by atoms with Crippen molar-refractivity contribution in [1.82, 2.24) is 10.3 Å². The Morgan fingerprint density at radius 3 is 2.93 bits per heavy atom. The van der Waals surface area contributed by atoms with Gasteiger partial charge in [-0.25, -0.2) is 4.98 Å². The Balaban J connectivity index is 2.63. The van der Waals surface area contributed by atoms with E-state index in [9.17, 15) is 4.79 Å². The molecule has 0 saturated carbocycles. The van der Waals surface area contributed by atoms with Gasteiger partial charge in [0.2, 0.25) is 0 Å². The Kier molecular flexibility index (Phi) is 4.23. The van der Waals surface area contributed by atoms with E-state index in [-0.39, 0.29) is 18.1 Å². The van der Waals surface area contributed by atoms with Crippen LogP contribution in [0.1, 0.15) is 37.2 Å². The quantitative estimate of drug-likeness (QED) is 0.801. The van der Waals surface area contributed by atoms with Crippen LogP contribution >= 0.6 is 11.3 Å². The highest BCUT2D eigenvalue weighted by Crippen LogP contribution is 2.14. The third-order valence-electron chi connectivity index (χ3n) is 2.52. The van der Waals surface area contributed by atoms with Crippen molar-refractivity contribution < 1.29 is 9.90 Å². The number of hydrogen-bond donors (Lipinski definition) is 2. The fourth-order valence-corrected chi connectivity index (χ4v) is 1.77. The first-order valence-corrected chi connectivity index (χ1v) is 5.87. The van der Waals surface area contributed by atoms with E-state index >= 15 is 0 Å². The van der Waals surface area contributed by atoms with Crippen molar-refractivity contribution in [2.24, 2.45) is 0 Å². The number of aromatic nitrogens is 1. The van der Waals surface area contributed by atoms with Gasteiger partial charge in [0, 0.05) is 17.5 Å². The largest absolute Gasteiger partial charge is 0.396 e.